The van der Waals surface area contributed by atoms with E-state index in [0.29, 0.717) is 25.3 Å². The zero-order valence-electron chi connectivity index (χ0n) is 16.6. The molecule has 1 saturated heterocycles. The van der Waals surface area contributed by atoms with Crippen LogP contribution in [0.4, 0.5) is 5.69 Å². The zero-order valence-corrected chi connectivity index (χ0v) is 18.2. The largest absolute Gasteiger partial charge is 0.452 e. The highest BCUT2D eigenvalue weighted by Crippen LogP contribution is 2.26. The number of hydrogen-bond acceptors (Lipinski definition) is 5. The van der Waals surface area contributed by atoms with Crippen molar-refractivity contribution >= 4 is 39.2 Å². The van der Waals surface area contributed by atoms with Gasteiger partial charge in [-0.25, -0.2) is 13.2 Å². The smallest absolute Gasteiger partial charge is 0.340 e. The number of benzene rings is 2. The van der Waals surface area contributed by atoms with Gasteiger partial charge < -0.3 is 9.64 Å². The van der Waals surface area contributed by atoms with Crippen molar-refractivity contribution in [2.45, 2.75) is 24.7 Å². The van der Waals surface area contributed by atoms with E-state index in [9.17, 15) is 18.0 Å². The first-order chi connectivity index (χ1) is 14.3. The Morgan fingerprint density at radius 1 is 1.10 bits per heavy atom. The van der Waals surface area contributed by atoms with E-state index in [1.807, 2.05) is 25.1 Å². The van der Waals surface area contributed by atoms with Gasteiger partial charge in [0, 0.05) is 25.3 Å². The lowest BCUT2D eigenvalue weighted by atomic mass is 10.2. The molecule has 1 aliphatic heterocycles. The molecule has 0 N–H and O–H groups in total. The Kier molecular flexibility index (Phi) is 7.12. The molecule has 0 unspecified atom stereocenters. The summed E-state index contributed by atoms with van der Waals surface area (Å²) in [7, 11) is -3.70. The van der Waals surface area contributed by atoms with Crippen molar-refractivity contribution in [3.63, 3.8) is 0 Å². The number of ether oxygens (including phenoxy) is 1. The van der Waals surface area contributed by atoms with Gasteiger partial charge in [-0.1, -0.05) is 29.8 Å². The van der Waals surface area contributed by atoms with Crippen LogP contribution in [0.1, 0.15) is 30.1 Å². The molecule has 1 heterocycles. The van der Waals surface area contributed by atoms with Gasteiger partial charge in [0.25, 0.3) is 5.91 Å². The third kappa shape index (κ3) is 4.83. The number of carbonyl (C=O) groups excluding carboxylic acids is 2. The third-order valence-corrected chi connectivity index (χ3v) is 7.10. The fraction of sp³-hybridized carbons (Fsp3) is 0.333. The molecule has 0 spiro atoms. The van der Waals surface area contributed by atoms with E-state index >= 15 is 0 Å². The molecule has 0 bridgehead atoms. The molecule has 1 amide bonds. The molecule has 0 atom stereocenters. The van der Waals surface area contributed by atoms with Gasteiger partial charge in [-0.05, 0) is 50.1 Å². The lowest BCUT2D eigenvalue weighted by molar-refractivity contribution is -0.121. The summed E-state index contributed by atoms with van der Waals surface area (Å²) < 4.78 is 32.0. The Bertz CT molecular complexity index is 1020. The standard InChI is InChI=1S/C21H23ClN2O5S/c1-2-24(16-8-4-3-5-9-16)20(25)15-29-21(26)18-14-17(10-11-19(18)22)30(27,28)23-12-6-7-13-23/h3-5,8-11,14H,2,6-7,12-13,15H2,1H3. The van der Waals surface area contributed by atoms with Crippen LogP contribution in [-0.2, 0) is 19.6 Å². The number of sulfonamides is 1. The molecular formula is C21H23ClN2O5S. The SMILES string of the molecule is CCN(C(=O)COC(=O)c1cc(S(=O)(=O)N2CCCC2)ccc1Cl)c1ccccc1. The first-order valence-corrected chi connectivity index (χ1v) is 11.5. The number of carbonyl (C=O) groups is 2. The number of nitrogens with zero attached hydrogens (tertiary/aromatic N) is 2. The highest BCUT2D eigenvalue weighted by atomic mass is 35.5. The highest BCUT2D eigenvalue weighted by Gasteiger charge is 2.28. The summed E-state index contributed by atoms with van der Waals surface area (Å²) in [5.74, 6) is -1.25. The van der Waals surface area contributed by atoms with Crippen molar-refractivity contribution < 1.29 is 22.7 Å². The van der Waals surface area contributed by atoms with Crippen LogP contribution in [0.2, 0.25) is 5.02 Å². The fourth-order valence-corrected chi connectivity index (χ4v) is 5.03. The predicted octanol–water partition coefficient (Wildman–Crippen LogP) is 3.33. The minimum absolute atomic E-state index is 0.0217. The molecule has 1 fully saturated rings. The normalized spacial score (nSPS) is 14.5. The molecule has 0 aliphatic carbocycles. The maximum atomic E-state index is 12.7. The van der Waals surface area contributed by atoms with Crippen molar-refractivity contribution in [2.24, 2.45) is 0 Å². The first-order valence-electron chi connectivity index (χ1n) is 9.67. The van der Waals surface area contributed by atoms with Crippen LogP contribution >= 0.6 is 11.6 Å². The minimum Gasteiger partial charge on any atom is -0.452 e. The predicted molar refractivity (Wildman–Crippen MR) is 114 cm³/mol. The van der Waals surface area contributed by atoms with Crippen molar-refractivity contribution in [3.8, 4) is 0 Å². The summed E-state index contributed by atoms with van der Waals surface area (Å²) in [6.45, 7) is 2.64. The second-order valence-electron chi connectivity index (χ2n) is 6.80. The van der Waals surface area contributed by atoms with Gasteiger partial charge in [0.15, 0.2) is 6.61 Å². The number of esters is 1. The number of anilines is 1. The Labute approximate surface area is 181 Å². The van der Waals surface area contributed by atoms with Crippen LogP contribution in [0.15, 0.2) is 53.4 Å². The maximum absolute atomic E-state index is 12.7. The summed E-state index contributed by atoms with van der Waals surface area (Å²) >= 11 is 6.10. The molecule has 2 aromatic carbocycles. The summed E-state index contributed by atoms with van der Waals surface area (Å²) in [5.41, 5.74) is 0.602. The topological polar surface area (TPSA) is 84.0 Å². The molecule has 2 aromatic rings. The molecule has 0 aromatic heterocycles. The van der Waals surface area contributed by atoms with Crippen LogP contribution in [0.5, 0.6) is 0 Å². The lowest BCUT2D eigenvalue weighted by Crippen LogP contribution is -2.34. The summed E-state index contributed by atoms with van der Waals surface area (Å²) in [5, 5.41) is 0.0585. The van der Waals surface area contributed by atoms with Crippen LogP contribution in [0, 0.1) is 0 Å². The molecule has 30 heavy (non-hydrogen) atoms. The van der Waals surface area contributed by atoms with E-state index in [0.717, 1.165) is 12.8 Å². The average molecular weight is 451 g/mol. The molecule has 3 rings (SSSR count). The Morgan fingerprint density at radius 3 is 2.40 bits per heavy atom. The van der Waals surface area contributed by atoms with E-state index in [1.165, 1.54) is 27.4 Å². The minimum atomic E-state index is -3.70. The summed E-state index contributed by atoms with van der Waals surface area (Å²) in [6, 6.07) is 13.0. The highest BCUT2D eigenvalue weighted by molar-refractivity contribution is 7.89. The monoisotopic (exact) mass is 450 g/mol. The number of rotatable bonds is 7. The van der Waals surface area contributed by atoms with E-state index in [1.54, 1.807) is 12.1 Å². The quantitative estimate of drug-likeness (QED) is 0.604. The van der Waals surface area contributed by atoms with E-state index < -0.39 is 28.5 Å². The number of para-hydroxylation sites is 1. The molecule has 160 valence electrons. The first kappa shape index (κ1) is 22.3. The Balaban J connectivity index is 1.73. The van der Waals surface area contributed by atoms with Gasteiger partial charge >= 0.3 is 5.97 Å². The summed E-state index contributed by atoms with van der Waals surface area (Å²) in [4.78, 5) is 26.5. The van der Waals surface area contributed by atoms with Crippen LogP contribution in [0.25, 0.3) is 0 Å². The van der Waals surface area contributed by atoms with E-state index in [-0.39, 0.29) is 15.5 Å². The van der Waals surface area contributed by atoms with E-state index in [4.69, 9.17) is 16.3 Å². The number of likely N-dealkylation sites (N-methyl/N-ethyl adjacent to an activating group) is 1. The number of hydrogen-bond donors (Lipinski definition) is 0. The van der Waals surface area contributed by atoms with Crippen molar-refractivity contribution in [1.29, 1.82) is 0 Å². The van der Waals surface area contributed by atoms with Gasteiger partial charge in [-0.3, -0.25) is 4.79 Å². The van der Waals surface area contributed by atoms with Crippen LogP contribution in [0.3, 0.4) is 0 Å². The fourth-order valence-electron chi connectivity index (χ4n) is 3.29. The van der Waals surface area contributed by atoms with Gasteiger partial charge in [0.05, 0.1) is 15.5 Å². The second kappa shape index (κ2) is 9.59. The number of halogens is 1. The number of amides is 1. The van der Waals surface area contributed by atoms with Crippen molar-refractivity contribution in [1.82, 2.24) is 4.31 Å². The molecule has 0 radical (unpaired) electrons. The average Bonchev–Trinajstić information content (AvgIpc) is 3.29. The van der Waals surface area contributed by atoms with E-state index in [2.05, 4.69) is 0 Å². The molecule has 1 aliphatic rings. The molecule has 9 heteroatoms. The van der Waals surface area contributed by atoms with Gasteiger partial charge in [-0.15, -0.1) is 0 Å². The van der Waals surface area contributed by atoms with Gasteiger partial charge in [0.1, 0.15) is 0 Å². The Morgan fingerprint density at radius 2 is 1.77 bits per heavy atom. The summed E-state index contributed by atoms with van der Waals surface area (Å²) in [6.07, 6.45) is 1.61. The molecule has 0 saturated carbocycles. The van der Waals surface area contributed by atoms with Crippen LogP contribution < -0.4 is 4.90 Å². The van der Waals surface area contributed by atoms with Gasteiger partial charge in [-0.2, -0.15) is 4.31 Å². The third-order valence-electron chi connectivity index (χ3n) is 4.87. The van der Waals surface area contributed by atoms with Crippen LogP contribution in [-0.4, -0.2) is 50.8 Å². The second-order valence-corrected chi connectivity index (χ2v) is 9.15. The van der Waals surface area contributed by atoms with Crippen molar-refractivity contribution in [2.75, 3.05) is 31.1 Å². The molecular weight excluding hydrogens is 428 g/mol. The molecule has 7 nitrogen and oxygen atoms in total. The van der Waals surface area contributed by atoms with Gasteiger partial charge in [0.2, 0.25) is 10.0 Å². The zero-order chi connectivity index (χ0) is 21.7. The maximum Gasteiger partial charge on any atom is 0.340 e. The Hall–Kier alpha value is -2.42. The van der Waals surface area contributed by atoms with Crippen molar-refractivity contribution in [3.05, 3.63) is 59.1 Å². The lowest BCUT2D eigenvalue weighted by Gasteiger charge is -2.21.